The molecule has 0 spiro atoms. The zero-order valence-corrected chi connectivity index (χ0v) is 28.3. The first kappa shape index (κ1) is 36.7. The molecule has 3 aliphatic rings. The number of hydrogen-bond acceptors (Lipinski definition) is 11. The van der Waals surface area contributed by atoms with Gasteiger partial charge < -0.3 is 39.5 Å². The highest BCUT2D eigenvalue weighted by molar-refractivity contribution is 6.03. The van der Waals surface area contributed by atoms with Crippen molar-refractivity contribution in [1.82, 2.24) is 15.0 Å². The van der Waals surface area contributed by atoms with Gasteiger partial charge in [-0.1, -0.05) is 48.0 Å². The molecule has 2 aromatic rings. The average molecular weight is 695 g/mol. The van der Waals surface area contributed by atoms with E-state index in [2.05, 4.69) is 34.7 Å². The van der Waals surface area contributed by atoms with Gasteiger partial charge in [0.05, 0.1) is 18.2 Å². The van der Waals surface area contributed by atoms with Crippen LogP contribution >= 0.6 is 0 Å². The lowest BCUT2D eigenvalue weighted by molar-refractivity contribution is -0.252. The van der Waals surface area contributed by atoms with Gasteiger partial charge in [0.25, 0.3) is 0 Å². The van der Waals surface area contributed by atoms with Crippen LogP contribution in [-0.2, 0) is 9.57 Å². The molecule has 0 bridgehead atoms. The Hall–Kier alpha value is -4.53. The lowest BCUT2D eigenvalue weighted by Crippen LogP contribution is -2.63. The predicted molar refractivity (Wildman–Crippen MR) is 181 cm³/mol. The largest absolute Gasteiger partial charge is 0.490 e. The highest BCUT2D eigenvalue weighted by Crippen LogP contribution is 2.63. The number of aromatic carboxylic acids is 2. The topological polar surface area (TPSA) is 195 Å². The van der Waals surface area contributed by atoms with Crippen LogP contribution in [0.5, 0.6) is 11.5 Å². The Morgan fingerprint density at radius 1 is 1.08 bits per heavy atom. The third kappa shape index (κ3) is 7.05. The molecule has 1 aromatic carbocycles. The first-order valence-electron chi connectivity index (χ1n) is 17.1. The Bertz CT molecular complexity index is 1620. The number of carbonyl (C=O) groups is 2. The number of nitrogens with zero attached hydrogens (tertiary/aromatic N) is 4. The molecule has 1 fully saturated rings. The van der Waals surface area contributed by atoms with Gasteiger partial charge >= 0.3 is 11.9 Å². The number of fused-ring (bicyclic) bond motifs is 2. The molecule has 2 aliphatic carbocycles. The normalized spacial score (nSPS) is 25.9. The molecular weight excluding hydrogens is 648 g/mol. The first-order valence-corrected chi connectivity index (χ1v) is 17.1. The second-order valence-corrected chi connectivity index (χ2v) is 12.6. The lowest BCUT2D eigenvalue weighted by atomic mass is 9.55. The summed E-state index contributed by atoms with van der Waals surface area (Å²) in [5.41, 5.74) is 0.867. The molecule has 14 heteroatoms. The smallest absolute Gasteiger partial charge is 0.359 e. The Kier molecular flexibility index (Phi) is 12.1. The fourth-order valence-corrected chi connectivity index (χ4v) is 7.82. The van der Waals surface area contributed by atoms with Gasteiger partial charge in [-0.05, 0) is 68.2 Å². The summed E-state index contributed by atoms with van der Waals surface area (Å²) < 4.78 is 20.7. The van der Waals surface area contributed by atoms with Crippen molar-refractivity contribution in [2.45, 2.75) is 69.6 Å². The summed E-state index contributed by atoms with van der Waals surface area (Å²) in [6, 6.07) is 4.47. The van der Waals surface area contributed by atoms with E-state index in [4.69, 9.17) is 19.0 Å². The minimum absolute atomic E-state index is 0.0127. The number of aromatic nitrogens is 3. The molecule has 6 atom stereocenters. The van der Waals surface area contributed by atoms with E-state index in [1.165, 1.54) is 0 Å². The van der Waals surface area contributed by atoms with Crippen LogP contribution in [0.15, 0.2) is 60.3 Å². The maximum atomic E-state index is 12.7. The first-order chi connectivity index (χ1) is 24.3. The van der Waals surface area contributed by atoms with E-state index >= 15 is 0 Å². The molecule has 14 nitrogen and oxygen atoms in total. The maximum Gasteiger partial charge on any atom is 0.359 e. The molecule has 4 N–H and O–H groups in total. The Morgan fingerprint density at radius 2 is 1.82 bits per heavy atom. The van der Waals surface area contributed by atoms with Gasteiger partial charge in [-0.2, -0.15) is 0 Å². The molecule has 2 heterocycles. The minimum atomic E-state index is -1.63. The molecule has 270 valence electrons. The summed E-state index contributed by atoms with van der Waals surface area (Å²) in [5, 5.41) is 52.0. The molecule has 0 amide bonds. The van der Waals surface area contributed by atoms with Crippen LogP contribution in [0, 0.1) is 17.8 Å². The molecule has 1 aromatic heterocycles. The second kappa shape index (κ2) is 16.5. The van der Waals surface area contributed by atoms with E-state index in [1.54, 1.807) is 31.2 Å². The van der Waals surface area contributed by atoms with Crippen LogP contribution in [0.25, 0.3) is 0 Å². The Labute approximate surface area is 290 Å². The summed E-state index contributed by atoms with van der Waals surface area (Å²) in [7, 11) is 0. The van der Waals surface area contributed by atoms with Gasteiger partial charge in [0, 0.05) is 31.1 Å². The molecule has 1 saturated carbocycles. The van der Waals surface area contributed by atoms with E-state index in [1.807, 2.05) is 6.07 Å². The van der Waals surface area contributed by atoms with Crippen molar-refractivity contribution < 1.29 is 49.1 Å². The third-order valence-corrected chi connectivity index (χ3v) is 9.71. The summed E-state index contributed by atoms with van der Waals surface area (Å²) >= 11 is 0. The van der Waals surface area contributed by atoms with Gasteiger partial charge in [0.2, 0.25) is 11.5 Å². The molecule has 0 unspecified atom stereocenters. The molecule has 5 rings (SSSR count). The number of hydrogen-bond donors (Lipinski definition) is 4. The molecule has 0 saturated heterocycles. The second-order valence-electron chi connectivity index (χ2n) is 12.6. The zero-order valence-electron chi connectivity index (χ0n) is 28.3. The van der Waals surface area contributed by atoms with Gasteiger partial charge in [0.1, 0.15) is 30.8 Å². The highest BCUT2D eigenvalue weighted by atomic mass is 16.7. The van der Waals surface area contributed by atoms with Crippen molar-refractivity contribution in [3.8, 4) is 11.5 Å². The van der Waals surface area contributed by atoms with Crippen molar-refractivity contribution in [3.05, 3.63) is 72.1 Å². The number of aliphatic hydroxyl groups is 2. The quantitative estimate of drug-likeness (QED) is 0.0895. The van der Waals surface area contributed by atoms with E-state index < -0.39 is 41.1 Å². The van der Waals surface area contributed by atoms with Crippen molar-refractivity contribution in [2.24, 2.45) is 22.9 Å². The van der Waals surface area contributed by atoms with Gasteiger partial charge in [-0.3, -0.25) is 0 Å². The van der Waals surface area contributed by atoms with Crippen LogP contribution in [0.2, 0.25) is 0 Å². The Balaban J connectivity index is 1.83. The Morgan fingerprint density at radius 3 is 2.48 bits per heavy atom. The van der Waals surface area contributed by atoms with E-state index in [0.29, 0.717) is 36.7 Å². The summed E-state index contributed by atoms with van der Waals surface area (Å²) in [6.07, 6.45) is 9.72. The van der Waals surface area contributed by atoms with Crippen molar-refractivity contribution in [3.63, 3.8) is 0 Å². The van der Waals surface area contributed by atoms with Crippen molar-refractivity contribution in [2.75, 3.05) is 33.0 Å². The number of carboxylic acids is 2. The fraction of sp³-hybridized carbons (Fsp3) is 0.528. The van der Waals surface area contributed by atoms with E-state index in [9.17, 15) is 30.0 Å². The molecular formula is C36H46N4O10. The minimum Gasteiger partial charge on any atom is -0.490 e. The summed E-state index contributed by atoms with van der Waals surface area (Å²) in [4.78, 5) is 30.5. The molecule has 1 aliphatic heterocycles. The third-order valence-electron chi connectivity index (χ3n) is 9.71. The predicted octanol–water partition coefficient (Wildman–Crippen LogP) is 4.77. The molecule has 50 heavy (non-hydrogen) atoms. The highest BCUT2D eigenvalue weighted by Gasteiger charge is 2.65. The number of oxime groups is 1. The number of aliphatic hydroxyl groups excluding tert-OH is 2. The van der Waals surface area contributed by atoms with Crippen molar-refractivity contribution >= 4 is 17.7 Å². The monoisotopic (exact) mass is 694 g/mol. The maximum absolute atomic E-state index is 12.7. The number of benzene rings is 1. The van der Waals surface area contributed by atoms with Crippen LogP contribution in [0.4, 0.5) is 0 Å². The average Bonchev–Trinajstić information content (AvgIpc) is 3.56. The van der Waals surface area contributed by atoms with E-state index in [0.717, 1.165) is 41.5 Å². The van der Waals surface area contributed by atoms with Gasteiger partial charge in [0.15, 0.2) is 5.69 Å². The number of carboxylic acid groups (broad SMARTS) is 2. The fourth-order valence-electron chi connectivity index (χ4n) is 7.82. The van der Waals surface area contributed by atoms with Crippen LogP contribution in [-0.4, -0.2) is 91.9 Å². The number of unbranched alkanes of at least 4 members (excludes halogenated alkanes) is 2. The van der Waals surface area contributed by atoms with Crippen LogP contribution in [0.3, 0.4) is 0 Å². The van der Waals surface area contributed by atoms with Crippen LogP contribution in [0.1, 0.15) is 90.4 Å². The van der Waals surface area contributed by atoms with Gasteiger partial charge in [-0.25, -0.2) is 14.3 Å². The zero-order chi connectivity index (χ0) is 35.8. The number of allylic oxidation sites excluding steroid dienone is 1. The van der Waals surface area contributed by atoms with Gasteiger partial charge in [-0.15, -0.1) is 11.7 Å². The summed E-state index contributed by atoms with van der Waals surface area (Å²) in [6.45, 7) is 10.1. The number of rotatable bonds is 19. The standard InChI is InChI=1S/C36H46N4O10/c1-4-17-47-23-13-14-28-26(20-23)30-24(12-8-10-16-42)22(11-7-9-15-41)19-25-27(38-49-6-3)21-29(36(50-28,31(25)30)48-18-5-2)40-33(35(45)46)32(34(43)44)37-39-40/h4-5,13-14,19-20,22,24,29-31,41-42H,1-2,6-12,15-18,21H2,3H3,(H,43,44)(H,45,46)/t22-,24+,29-,30+,31+,36+/m0/s1. The van der Waals surface area contributed by atoms with E-state index in [-0.39, 0.29) is 50.6 Å². The molecule has 0 radical (unpaired) electrons. The lowest BCUT2D eigenvalue weighted by Gasteiger charge is -2.58. The van der Waals surface area contributed by atoms with Crippen molar-refractivity contribution in [1.29, 1.82) is 0 Å². The SMILES string of the molecule is C=CCOc1ccc2c(c1)[C@H]1[C@H](CCCCO)[C@@H](CCCCO)C=C3C(=NOCC)C[C@H](n4nnc(C(=O)O)c4C(=O)O)[C@@](OCC=C)(O2)[C@H]31. The summed E-state index contributed by atoms with van der Waals surface area (Å²) in [5.74, 6) is -4.51. The van der Waals surface area contributed by atoms with Crippen LogP contribution < -0.4 is 9.47 Å². The number of ether oxygens (including phenoxy) is 3.